The van der Waals surface area contributed by atoms with Crippen LogP contribution in [0.4, 0.5) is 17.1 Å². The molecule has 8 heteroatoms. The van der Waals surface area contributed by atoms with Crippen LogP contribution in [-0.2, 0) is 4.79 Å². The van der Waals surface area contributed by atoms with Gasteiger partial charge in [-0.05, 0) is 30.7 Å². The Hall–Kier alpha value is -3.26. The number of aliphatic hydroxyl groups is 1. The fourth-order valence-corrected chi connectivity index (χ4v) is 2.57. The van der Waals surface area contributed by atoms with Gasteiger partial charge in [0, 0.05) is 12.3 Å². The number of aryl methyl sites for hydroxylation is 1. The summed E-state index contributed by atoms with van der Waals surface area (Å²) in [4.78, 5) is 10.7. The number of hydrogen-bond donors (Lipinski definition) is 4. The summed E-state index contributed by atoms with van der Waals surface area (Å²) < 4.78 is 7.22. The van der Waals surface area contributed by atoms with E-state index in [0.29, 0.717) is 28.5 Å². The highest BCUT2D eigenvalue weighted by atomic mass is 16.5. The zero-order valence-electron chi connectivity index (χ0n) is 14.3. The zero-order valence-corrected chi connectivity index (χ0v) is 14.3. The molecule has 0 aliphatic carbocycles. The summed E-state index contributed by atoms with van der Waals surface area (Å²) >= 11 is 0. The van der Waals surface area contributed by atoms with E-state index in [4.69, 9.17) is 9.84 Å². The van der Waals surface area contributed by atoms with E-state index in [0.717, 1.165) is 11.8 Å². The third-order valence-electron chi connectivity index (χ3n) is 3.81. The van der Waals surface area contributed by atoms with Crippen LogP contribution in [0.15, 0.2) is 36.5 Å². The number of carbonyl (C=O) groups excluding carboxylic acids is 1. The summed E-state index contributed by atoms with van der Waals surface area (Å²) in [7, 11) is 0. The Kier molecular flexibility index (Phi) is 5.23. The Morgan fingerprint density at radius 1 is 1.31 bits per heavy atom. The Balaban J connectivity index is 2.05. The molecule has 0 saturated carbocycles. The van der Waals surface area contributed by atoms with Crippen LogP contribution in [0.2, 0.25) is 0 Å². The van der Waals surface area contributed by atoms with Crippen molar-refractivity contribution in [2.24, 2.45) is 0 Å². The van der Waals surface area contributed by atoms with Gasteiger partial charge in [0.2, 0.25) is 0 Å². The van der Waals surface area contributed by atoms with Crippen LogP contribution in [0.5, 0.6) is 11.6 Å². The first-order chi connectivity index (χ1) is 12.6. The first kappa shape index (κ1) is 17.6. The number of aliphatic hydroxyl groups excluding tert-OH is 1. The highest BCUT2D eigenvalue weighted by Gasteiger charge is 2.16. The number of hydrogen-bond acceptors (Lipinski definition) is 7. The smallest absolute Gasteiger partial charge is 0.258 e. The van der Waals surface area contributed by atoms with E-state index in [1.54, 1.807) is 29.8 Å². The van der Waals surface area contributed by atoms with Crippen molar-refractivity contribution in [1.82, 2.24) is 9.61 Å². The summed E-state index contributed by atoms with van der Waals surface area (Å²) in [5, 5.41) is 29.6. The molecule has 4 N–H and O–H groups in total. The Labute approximate surface area is 150 Å². The van der Waals surface area contributed by atoms with Gasteiger partial charge in [0.25, 0.3) is 5.88 Å². The van der Waals surface area contributed by atoms with E-state index < -0.39 is 0 Å². The van der Waals surface area contributed by atoms with Gasteiger partial charge in [-0.1, -0.05) is 6.07 Å². The Morgan fingerprint density at radius 2 is 2.15 bits per heavy atom. The lowest BCUT2D eigenvalue weighted by Gasteiger charge is -2.15. The van der Waals surface area contributed by atoms with Gasteiger partial charge in [-0.25, -0.2) is 4.52 Å². The van der Waals surface area contributed by atoms with Crippen molar-refractivity contribution in [3.63, 3.8) is 0 Å². The molecule has 0 atom stereocenters. The molecule has 8 nitrogen and oxygen atoms in total. The maximum Gasteiger partial charge on any atom is 0.258 e. The molecule has 0 unspecified atom stereocenters. The van der Waals surface area contributed by atoms with Crippen molar-refractivity contribution in [3.8, 4) is 11.6 Å². The van der Waals surface area contributed by atoms with Crippen molar-refractivity contribution in [3.05, 3.63) is 42.1 Å². The number of aldehydes is 1. The van der Waals surface area contributed by atoms with E-state index in [1.165, 1.54) is 0 Å². The summed E-state index contributed by atoms with van der Waals surface area (Å²) in [5.74, 6) is 0.470. The molecule has 3 aromatic rings. The molecule has 0 fully saturated rings. The van der Waals surface area contributed by atoms with Crippen molar-refractivity contribution < 1.29 is 19.7 Å². The molecule has 0 amide bonds. The van der Waals surface area contributed by atoms with Gasteiger partial charge in [-0.2, -0.15) is 0 Å². The Bertz CT molecular complexity index is 923. The maximum absolute atomic E-state index is 10.7. The number of nitrogens with zero attached hydrogens (tertiary/aromatic N) is 2. The fourth-order valence-electron chi connectivity index (χ4n) is 2.57. The number of aromatic nitrogens is 2. The number of aromatic hydroxyl groups is 1. The lowest BCUT2D eigenvalue weighted by Crippen LogP contribution is -2.06. The number of rotatable bonds is 8. The average molecular weight is 356 g/mol. The second kappa shape index (κ2) is 7.75. The van der Waals surface area contributed by atoms with E-state index >= 15 is 0 Å². The second-order valence-electron chi connectivity index (χ2n) is 5.64. The molecular formula is C18H20N4O4. The number of ether oxygens (including phenoxy) is 1. The quantitative estimate of drug-likeness (QED) is 0.361. The van der Waals surface area contributed by atoms with Crippen LogP contribution in [0.1, 0.15) is 5.56 Å². The third-order valence-corrected chi connectivity index (χ3v) is 3.81. The van der Waals surface area contributed by atoms with Crippen molar-refractivity contribution in [1.29, 1.82) is 0 Å². The van der Waals surface area contributed by atoms with E-state index in [1.807, 2.05) is 18.2 Å². The van der Waals surface area contributed by atoms with Gasteiger partial charge >= 0.3 is 0 Å². The van der Waals surface area contributed by atoms with Crippen molar-refractivity contribution in [2.75, 3.05) is 30.4 Å². The first-order valence-corrected chi connectivity index (χ1v) is 8.13. The fraction of sp³-hybridized carbons (Fsp3) is 0.222. The molecule has 2 aromatic heterocycles. The molecule has 0 bridgehead atoms. The number of anilines is 3. The van der Waals surface area contributed by atoms with Gasteiger partial charge in [-0.15, -0.1) is 5.10 Å². The number of carbonyl (C=O) groups is 1. The molecule has 136 valence electrons. The normalized spacial score (nSPS) is 10.7. The second-order valence-corrected chi connectivity index (χ2v) is 5.64. The van der Waals surface area contributed by atoms with Crippen LogP contribution in [0.3, 0.4) is 0 Å². The summed E-state index contributed by atoms with van der Waals surface area (Å²) in [6.07, 6.45) is 2.53. The molecule has 0 aliphatic heterocycles. The molecule has 3 rings (SSSR count). The van der Waals surface area contributed by atoms with E-state index in [-0.39, 0.29) is 25.5 Å². The highest BCUT2D eigenvalue weighted by molar-refractivity contribution is 5.86. The number of nitrogens with one attached hydrogen (secondary N) is 2. The molecule has 0 saturated heterocycles. The van der Waals surface area contributed by atoms with Crippen LogP contribution in [0, 0.1) is 6.92 Å². The molecule has 1 aromatic carbocycles. The van der Waals surface area contributed by atoms with Gasteiger partial charge < -0.3 is 30.4 Å². The van der Waals surface area contributed by atoms with Crippen LogP contribution in [0.25, 0.3) is 5.52 Å². The maximum atomic E-state index is 10.7. The van der Waals surface area contributed by atoms with Crippen molar-refractivity contribution >= 4 is 28.9 Å². The Morgan fingerprint density at radius 3 is 2.92 bits per heavy atom. The minimum atomic E-state index is -0.127. The number of phenols is 1. The van der Waals surface area contributed by atoms with Crippen LogP contribution in [-0.4, -0.2) is 45.9 Å². The third kappa shape index (κ3) is 3.55. The standard InChI is InChI=1S/C18H20N4O4/c1-12-10-14(13(11-16(12)25)19-5-7-23)20-17-15-4-2-3-6-22(15)21-18(17)26-9-8-24/h2-4,6-7,10-11,19-20,24-25H,5,8-9H2,1H3. The molecule has 0 spiro atoms. The highest BCUT2D eigenvalue weighted by Crippen LogP contribution is 2.37. The zero-order chi connectivity index (χ0) is 18.5. The van der Waals surface area contributed by atoms with Gasteiger partial charge in [0.05, 0.1) is 30.0 Å². The number of phenolic OH excluding ortho intramolecular Hbond substituents is 1. The monoisotopic (exact) mass is 356 g/mol. The predicted octanol–water partition coefficient (Wildman–Crippen LogP) is 2.07. The van der Waals surface area contributed by atoms with Gasteiger partial charge in [0.15, 0.2) is 0 Å². The number of pyridine rings is 1. The predicted molar refractivity (Wildman–Crippen MR) is 98.5 cm³/mol. The van der Waals surface area contributed by atoms with Gasteiger partial charge in [-0.3, -0.25) is 0 Å². The van der Waals surface area contributed by atoms with Crippen molar-refractivity contribution in [2.45, 2.75) is 6.92 Å². The lowest BCUT2D eigenvalue weighted by molar-refractivity contribution is -0.106. The average Bonchev–Trinajstić information content (AvgIpc) is 2.99. The summed E-state index contributed by atoms with van der Waals surface area (Å²) in [6.45, 7) is 1.88. The molecular weight excluding hydrogens is 336 g/mol. The lowest BCUT2D eigenvalue weighted by atomic mass is 10.1. The largest absolute Gasteiger partial charge is 0.508 e. The molecule has 0 radical (unpaired) electrons. The number of benzene rings is 1. The van der Waals surface area contributed by atoms with Crippen LogP contribution < -0.4 is 15.4 Å². The minimum Gasteiger partial charge on any atom is -0.508 e. The summed E-state index contributed by atoms with van der Waals surface area (Å²) in [5.41, 5.74) is 3.32. The first-order valence-electron chi connectivity index (χ1n) is 8.13. The number of fused-ring (bicyclic) bond motifs is 1. The topological polar surface area (TPSA) is 108 Å². The van der Waals surface area contributed by atoms with Gasteiger partial charge in [0.1, 0.15) is 24.3 Å². The molecule has 2 heterocycles. The van der Waals surface area contributed by atoms with E-state index in [2.05, 4.69) is 15.7 Å². The SMILES string of the molecule is Cc1cc(Nc2c(OCCO)nn3ccccc23)c(NCC=O)cc1O. The van der Waals surface area contributed by atoms with E-state index in [9.17, 15) is 9.90 Å². The summed E-state index contributed by atoms with van der Waals surface area (Å²) in [6, 6.07) is 8.94. The molecule has 0 aliphatic rings. The minimum absolute atomic E-state index is 0.111. The van der Waals surface area contributed by atoms with Crippen LogP contribution >= 0.6 is 0 Å². The molecule has 26 heavy (non-hydrogen) atoms.